The second kappa shape index (κ2) is 9.88. The predicted octanol–water partition coefficient (Wildman–Crippen LogP) is 12.0. The number of hydrogen-bond acceptors (Lipinski definition) is 3. The molecule has 214 valence electrons. The van der Waals surface area contributed by atoms with Gasteiger partial charge in [-0.15, -0.1) is 11.3 Å². The maximum atomic E-state index is 5.14. The zero-order valence-electron chi connectivity index (χ0n) is 25.2. The van der Waals surface area contributed by atoms with Crippen LogP contribution in [0.3, 0.4) is 0 Å². The van der Waals surface area contributed by atoms with Crippen LogP contribution in [0, 0.1) is 0 Å². The van der Waals surface area contributed by atoms with Crippen molar-refractivity contribution < 1.29 is 0 Å². The monoisotopic (exact) mass is 594 g/mol. The standard InChI is InChI=1S/C42H30N2S/c1-42(2)37-15-9-8-14-33(37)35-24-31(21-23-38(35)42)44(30-19-16-28(17-20-30)27-10-4-3-5-11-27)40-25-39-36(26-43-40)34-22-18-29-12-6-7-13-32(29)41(34)45-39/h3-26H,1-2H3. The molecule has 0 unspecified atom stereocenters. The van der Waals surface area contributed by atoms with Crippen molar-refractivity contribution >= 4 is 59.5 Å². The predicted molar refractivity (Wildman–Crippen MR) is 192 cm³/mol. The van der Waals surface area contributed by atoms with Crippen molar-refractivity contribution in [3.63, 3.8) is 0 Å². The van der Waals surface area contributed by atoms with E-state index in [4.69, 9.17) is 4.98 Å². The summed E-state index contributed by atoms with van der Waals surface area (Å²) in [5, 5.41) is 5.04. The Labute approximate surface area is 266 Å². The molecule has 0 N–H and O–H groups in total. The Morgan fingerprint density at radius 2 is 1.27 bits per heavy atom. The van der Waals surface area contributed by atoms with Gasteiger partial charge in [-0.2, -0.15) is 0 Å². The molecule has 0 radical (unpaired) electrons. The summed E-state index contributed by atoms with van der Waals surface area (Å²) in [7, 11) is 0. The normalized spacial score (nSPS) is 13.3. The first-order valence-electron chi connectivity index (χ1n) is 15.5. The van der Waals surface area contributed by atoms with Crippen molar-refractivity contribution in [2.45, 2.75) is 19.3 Å². The fourth-order valence-corrected chi connectivity index (χ4v) is 8.45. The first kappa shape index (κ1) is 26.2. The Morgan fingerprint density at radius 1 is 0.556 bits per heavy atom. The molecule has 2 heterocycles. The molecular weight excluding hydrogens is 565 g/mol. The summed E-state index contributed by atoms with van der Waals surface area (Å²) in [5.41, 5.74) is 9.92. The van der Waals surface area contributed by atoms with Crippen LogP contribution in [0.2, 0.25) is 0 Å². The number of hydrogen-bond donors (Lipinski definition) is 0. The zero-order chi connectivity index (χ0) is 30.1. The summed E-state index contributed by atoms with van der Waals surface area (Å²) < 4.78 is 2.56. The lowest BCUT2D eigenvalue weighted by Crippen LogP contribution is -2.15. The van der Waals surface area contributed by atoms with Gasteiger partial charge in [-0.25, -0.2) is 4.98 Å². The van der Waals surface area contributed by atoms with Crippen LogP contribution in [0.25, 0.3) is 53.2 Å². The molecule has 9 rings (SSSR count). The molecule has 0 saturated heterocycles. The number of rotatable bonds is 4. The van der Waals surface area contributed by atoms with Gasteiger partial charge in [0.1, 0.15) is 5.82 Å². The van der Waals surface area contributed by atoms with E-state index in [2.05, 4.69) is 164 Å². The van der Waals surface area contributed by atoms with Crippen molar-refractivity contribution in [3.8, 4) is 22.3 Å². The molecule has 0 aliphatic heterocycles. The summed E-state index contributed by atoms with van der Waals surface area (Å²) in [6.07, 6.45) is 2.06. The summed E-state index contributed by atoms with van der Waals surface area (Å²) in [6.45, 7) is 4.66. The number of anilines is 3. The maximum absolute atomic E-state index is 5.14. The molecule has 0 fully saturated rings. The van der Waals surface area contributed by atoms with Crippen LogP contribution in [0.1, 0.15) is 25.0 Å². The minimum absolute atomic E-state index is 0.0381. The minimum atomic E-state index is -0.0381. The number of fused-ring (bicyclic) bond motifs is 8. The molecule has 0 atom stereocenters. The highest BCUT2D eigenvalue weighted by molar-refractivity contribution is 7.26. The molecule has 0 bridgehead atoms. The van der Waals surface area contributed by atoms with Gasteiger partial charge in [0.25, 0.3) is 0 Å². The number of nitrogens with zero attached hydrogens (tertiary/aromatic N) is 2. The van der Waals surface area contributed by atoms with Crippen LogP contribution in [0.15, 0.2) is 146 Å². The highest BCUT2D eigenvalue weighted by atomic mass is 32.1. The molecule has 0 amide bonds. The van der Waals surface area contributed by atoms with Gasteiger partial charge in [0, 0.05) is 43.2 Å². The van der Waals surface area contributed by atoms with E-state index in [-0.39, 0.29) is 5.41 Å². The highest BCUT2D eigenvalue weighted by Crippen LogP contribution is 2.50. The van der Waals surface area contributed by atoms with Crippen molar-refractivity contribution in [3.05, 3.63) is 157 Å². The third kappa shape index (κ3) is 4.04. The molecule has 8 aromatic rings. The summed E-state index contributed by atoms with van der Waals surface area (Å²) in [5.74, 6) is 0.913. The summed E-state index contributed by atoms with van der Waals surface area (Å²) >= 11 is 1.86. The fraction of sp³-hybridized carbons (Fsp3) is 0.0714. The fourth-order valence-electron chi connectivity index (χ4n) is 7.20. The van der Waals surface area contributed by atoms with Crippen molar-refractivity contribution in [2.24, 2.45) is 0 Å². The van der Waals surface area contributed by atoms with E-state index in [0.29, 0.717) is 0 Å². The quantitative estimate of drug-likeness (QED) is 0.201. The van der Waals surface area contributed by atoms with Crippen LogP contribution >= 0.6 is 11.3 Å². The minimum Gasteiger partial charge on any atom is -0.295 e. The van der Waals surface area contributed by atoms with Gasteiger partial charge in [-0.1, -0.05) is 123 Å². The maximum Gasteiger partial charge on any atom is 0.138 e. The zero-order valence-corrected chi connectivity index (χ0v) is 26.0. The third-order valence-corrected chi connectivity index (χ3v) is 10.7. The van der Waals surface area contributed by atoms with Crippen LogP contribution in [-0.2, 0) is 5.41 Å². The van der Waals surface area contributed by atoms with E-state index in [1.54, 1.807) is 0 Å². The Balaban J connectivity index is 1.23. The number of benzene rings is 6. The average Bonchev–Trinajstić information content (AvgIpc) is 3.58. The van der Waals surface area contributed by atoms with E-state index < -0.39 is 0 Å². The van der Waals surface area contributed by atoms with Crippen molar-refractivity contribution in [1.82, 2.24) is 4.98 Å². The van der Waals surface area contributed by atoms with Gasteiger partial charge in [-0.05, 0) is 74.5 Å². The van der Waals surface area contributed by atoms with Gasteiger partial charge < -0.3 is 0 Å². The Bertz CT molecular complexity index is 2400. The number of aromatic nitrogens is 1. The van der Waals surface area contributed by atoms with E-state index >= 15 is 0 Å². The summed E-state index contributed by atoms with van der Waals surface area (Å²) in [6, 6.07) is 50.6. The van der Waals surface area contributed by atoms with Crippen molar-refractivity contribution in [1.29, 1.82) is 0 Å². The first-order chi connectivity index (χ1) is 22.1. The Morgan fingerprint density at radius 3 is 2.13 bits per heavy atom. The molecule has 1 aliphatic rings. The molecule has 45 heavy (non-hydrogen) atoms. The number of thiophene rings is 1. The lowest BCUT2D eigenvalue weighted by atomic mass is 9.82. The summed E-state index contributed by atoms with van der Waals surface area (Å²) in [4.78, 5) is 7.45. The number of pyridine rings is 1. The van der Waals surface area contributed by atoms with Gasteiger partial charge >= 0.3 is 0 Å². The van der Waals surface area contributed by atoms with Crippen LogP contribution in [-0.4, -0.2) is 4.98 Å². The SMILES string of the molecule is CC1(C)c2ccccc2-c2cc(N(c3ccc(-c4ccccc4)cc3)c3cc4sc5c6ccccc6ccc5c4cn3)ccc21. The van der Waals surface area contributed by atoms with Gasteiger partial charge in [0.05, 0.1) is 0 Å². The highest BCUT2D eigenvalue weighted by Gasteiger charge is 2.35. The average molecular weight is 595 g/mol. The van der Waals surface area contributed by atoms with Crippen molar-refractivity contribution in [2.75, 3.05) is 4.90 Å². The van der Waals surface area contributed by atoms with E-state index in [1.165, 1.54) is 64.3 Å². The molecule has 6 aromatic carbocycles. The van der Waals surface area contributed by atoms with Crippen LogP contribution in [0.5, 0.6) is 0 Å². The molecular formula is C42H30N2S. The lowest BCUT2D eigenvalue weighted by Gasteiger charge is -2.26. The third-order valence-electron chi connectivity index (χ3n) is 9.52. The molecule has 3 heteroatoms. The van der Waals surface area contributed by atoms with Crippen LogP contribution in [0.4, 0.5) is 17.2 Å². The molecule has 2 nitrogen and oxygen atoms in total. The van der Waals surface area contributed by atoms with E-state index in [1.807, 2.05) is 11.3 Å². The largest absolute Gasteiger partial charge is 0.295 e. The Hall–Kier alpha value is -5.25. The molecule has 0 spiro atoms. The van der Waals surface area contributed by atoms with Gasteiger partial charge in [0.15, 0.2) is 0 Å². The Kier molecular flexibility index (Phi) is 5.75. The molecule has 1 aliphatic carbocycles. The smallest absolute Gasteiger partial charge is 0.138 e. The van der Waals surface area contributed by atoms with Gasteiger partial charge in [0.2, 0.25) is 0 Å². The van der Waals surface area contributed by atoms with E-state index in [0.717, 1.165) is 17.2 Å². The van der Waals surface area contributed by atoms with Crippen LogP contribution < -0.4 is 4.90 Å². The van der Waals surface area contributed by atoms with Gasteiger partial charge in [-0.3, -0.25) is 4.90 Å². The topological polar surface area (TPSA) is 16.1 Å². The molecule has 0 saturated carbocycles. The first-order valence-corrected chi connectivity index (χ1v) is 16.3. The second-order valence-electron chi connectivity index (χ2n) is 12.5. The lowest BCUT2D eigenvalue weighted by molar-refractivity contribution is 0.660. The second-order valence-corrected chi connectivity index (χ2v) is 13.5. The van der Waals surface area contributed by atoms with E-state index in [9.17, 15) is 0 Å². The molecule has 2 aromatic heterocycles.